The van der Waals surface area contributed by atoms with Crippen LogP contribution in [0, 0.1) is 0 Å². The molecule has 1 aromatic heterocycles. The Hall–Kier alpha value is -2.47. The van der Waals surface area contributed by atoms with Crippen LogP contribution in [0.4, 0.5) is 13.2 Å². The van der Waals surface area contributed by atoms with E-state index in [1.807, 2.05) is 11.9 Å². The summed E-state index contributed by atoms with van der Waals surface area (Å²) in [4.78, 5) is 25.2. The molecule has 0 aliphatic carbocycles. The van der Waals surface area contributed by atoms with E-state index in [4.69, 9.17) is 9.15 Å². The number of oxazole rings is 1. The molecule has 0 atom stereocenters. The van der Waals surface area contributed by atoms with Crippen LogP contribution in [0.15, 0.2) is 34.9 Å². The third-order valence-corrected chi connectivity index (χ3v) is 6.47. The van der Waals surface area contributed by atoms with Crippen molar-refractivity contribution in [3.8, 4) is 0 Å². The fraction of sp³-hybridized carbons (Fsp3) is 0.583. The Morgan fingerprint density at radius 3 is 2.49 bits per heavy atom. The van der Waals surface area contributed by atoms with E-state index in [0.29, 0.717) is 45.3 Å². The molecule has 11 heteroatoms. The highest BCUT2D eigenvalue weighted by molar-refractivity contribution is 5.92. The average Bonchev–Trinajstić information content (AvgIpc) is 3.31. The molecule has 8 nitrogen and oxygen atoms in total. The van der Waals surface area contributed by atoms with Gasteiger partial charge in [0, 0.05) is 58.9 Å². The van der Waals surface area contributed by atoms with E-state index in [2.05, 4.69) is 14.8 Å². The summed E-state index contributed by atoms with van der Waals surface area (Å²) in [6.07, 6.45) is -3.09. The molecule has 2 aromatic rings. The number of aromatic nitrogens is 1. The highest BCUT2D eigenvalue weighted by Gasteiger charge is 2.33. The SMILES string of the molecule is CN1CCN(C(=O)c2coc(CN(CCN3CCOCC3)Cc3ccccc3C(F)(F)F)n2)CC1. The van der Waals surface area contributed by atoms with Crippen LogP contribution in [0.2, 0.25) is 0 Å². The van der Waals surface area contributed by atoms with Gasteiger partial charge in [-0.3, -0.25) is 14.6 Å². The first-order chi connectivity index (χ1) is 16.8. The lowest BCUT2D eigenvalue weighted by Gasteiger charge is -2.31. The third-order valence-electron chi connectivity index (χ3n) is 6.47. The van der Waals surface area contributed by atoms with Crippen LogP contribution in [0.1, 0.15) is 27.5 Å². The van der Waals surface area contributed by atoms with E-state index in [-0.39, 0.29) is 30.3 Å². The number of carbonyl (C=O) groups excluding carboxylic acids is 1. The molecule has 0 saturated carbocycles. The average molecular weight is 496 g/mol. The maximum atomic E-state index is 13.6. The van der Waals surface area contributed by atoms with Gasteiger partial charge in [-0.2, -0.15) is 13.2 Å². The van der Waals surface area contributed by atoms with Gasteiger partial charge in [-0.1, -0.05) is 18.2 Å². The quantitative estimate of drug-likeness (QED) is 0.557. The Bertz CT molecular complexity index is 969. The Labute approximate surface area is 203 Å². The molecule has 2 aliphatic heterocycles. The van der Waals surface area contributed by atoms with Crippen LogP contribution >= 0.6 is 0 Å². The van der Waals surface area contributed by atoms with E-state index >= 15 is 0 Å². The van der Waals surface area contributed by atoms with Crippen molar-refractivity contribution in [2.24, 2.45) is 0 Å². The van der Waals surface area contributed by atoms with E-state index in [9.17, 15) is 18.0 Å². The van der Waals surface area contributed by atoms with Crippen molar-refractivity contribution in [3.63, 3.8) is 0 Å². The van der Waals surface area contributed by atoms with Gasteiger partial charge in [0.15, 0.2) is 5.69 Å². The number of rotatable bonds is 8. The molecular weight excluding hydrogens is 463 g/mol. The van der Waals surface area contributed by atoms with Crippen molar-refractivity contribution < 1.29 is 27.1 Å². The highest BCUT2D eigenvalue weighted by Crippen LogP contribution is 2.32. The molecule has 1 aromatic carbocycles. The Morgan fingerprint density at radius 2 is 1.77 bits per heavy atom. The zero-order chi connectivity index (χ0) is 24.8. The molecule has 4 rings (SSSR count). The smallest absolute Gasteiger partial charge is 0.416 e. The molecule has 35 heavy (non-hydrogen) atoms. The summed E-state index contributed by atoms with van der Waals surface area (Å²) < 4.78 is 51.7. The number of carbonyl (C=O) groups is 1. The molecule has 192 valence electrons. The normalized spacial score (nSPS) is 18.4. The molecule has 0 unspecified atom stereocenters. The van der Waals surface area contributed by atoms with Crippen LogP contribution in [-0.4, -0.2) is 103 Å². The zero-order valence-electron chi connectivity index (χ0n) is 20.0. The van der Waals surface area contributed by atoms with E-state index in [1.54, 1.807) is 11.0 Å². The summed E-state index contributed by atoms with van der Waals surface area (Å²) in [5.41, 5.74) is -0.217. The summed E-state index contributed by atoms with van der Waals surface area (Å²) in [6.45, 7) is 7.20. The van der Waals surface area contributed by atoms with Gasteiger partial charge in [-0.25, -0.2) is 4.98 Å². The molecule has 1 amide bonds. The summed E-state index contributed by atoms with van der Waals surface area (Å²) in [7, 11) is 2.01. The number of ether oxygens (including phenoxy) is 1. The standard InChI is InChI=1S/C24H32F3N5O3/c1-29-6-10-32(11-7-29)23(33)21-18-35-22(28-21)17-31(9-8-30-12-14-34-15-13-30)16-19-4-2-3-5-20(19)24(25,26)27/h2-5,18H,6-17H2,1H3. The lowest BCUT2D eigenvalue weighted by molar-refractivity contribution is -0.138. The Kier molecular flexibility index (Phi) is 8.42. The lowest BCUT2D eigenvalue weighted by atomic mass is 10.1. The summed E-state index contributed by atoms with van der Waals surface area (Å²) in [6, 6.07) is 5.62. The zero-order valence-corrected chi connectivity index (χ0v) is 20.0. The summed E-state index contributed by atoms with van der Waals surface area (Å²) in [5, 5.41) is 0. The molecule has 0 spiro atoms. The first-order valence-electron chi connectivity index (χ1n) is 11.9. The fourth-order valence-electron chi connectivity index (χ4n) is 4.34. The monoisotopic (exact) mass is 495 g/mol. The molecular formula is C24H32F3N5O3. The molecule has 3 heterocycles. The number of likely N-dealkylation sites (N-methyl/N-ethyl adjacent to an activating group) is 1. The van der Waals surface area contributed by atoms with Gasteiger partial charge in [0.05, 0.1) is 25.3 Å². The van der Waals surface area contributed by atoms with Crippen LogP contribution in [0.25, 0.3) is 0 Å². The first-order valence-corrected chi connectivity index (χ1v) is 11.9. The number of hydrogen-bond donors (Lipinski definition) is 0. The van der Waals surface area contributed by atoms with Gasteiger partial charge < -0.3 is 19.0 Å². The van der Waals surface area contributed by atoms with Crippen LogP contribution in [0.3, 0.4) is 0 Å². The van der Waals surface area contributed by atoms with Crippen molar-refractivity contribution >= 4 is 5.91 Å². The first kappa shape index (κ1) is 25.6. The topological polar surface area (TPSA) is 65.3 Å². The van der Waals surface area contributed by atoms with E-state index in [0.717, 1.165) is 32.2 Å². The van der Waals surface area contributed by atoms with Crippen LogP contribution in [0.5, 0.6) is 0 Å². The van der Waals surface area contributed by atoms with Crippen molar-refractivity contribution in [1.29, 1.82) is 0 Å². The van der Waals surface area contributed by atoms with E-state index in [1.165, 1.54) is 18.4 Å². The summed E-state index contributed by atoms with van der Waals surface area (Å²) >= 11 is 0. The molecule has 2 fully saturated rings. The maximum absolute atomic E-state index is 13.6. The van der Waals surface area contributed by atoms with Gasteiger partial charge in [-0.05, 0) is 18.7 Å². The predicted octanol–water partition coefficient (Wildman–Crippen LogP) is 2.42. The van der Waals surface area contributed by atoms with Crippen LogP contribution < -0.4 is 0 Å². The molecule has 2 aliphatic rings. The molecule has 2 saturated heterocycles. The number of morpholine rings is 1. The van der Waals surface area contributed by atoms with Gasteiger partial charge >= 0.3 is 6.18 Å². The summed E-state index contributed by atoms with van der Waals surface area (Å²) in [5.74, 6) is 0.129. The largest absolute Gasteiger partial charge is 0.447 e. The third kappa shape index (κ3) is 7.03. The fourth-order valence-corrected chi connectivity index (χ4v) is 4.34. The second kappa shape index (κ2) is 11.5. The molecule has 0 N–H and O–H groups in total. The number of halogens is 3. The molecule has 0 radical (unpaired) electrons. The maximum Gasteiger partial charge on any atom is 0.416 e. The van der Waals surface area contributed by atoms with E-state index < -0.39 is 11.7 Å². The van der Waals surface area contributed by atoms with Crippen molar-refractivity contribution in [2.75, 3.05) is 72.6 Å². The number of nitrogens with zero attached hydrogens (tertiary/aromatic N) is 5. The Morgan fingerprint density at radius 1 is 1.06 bits per heavy atom. The van der Waals surface area contributed by atoms with Gasteiger partial charge in [-0.15, -0.1) is 0 Å². The second-order valence-corrected chi connectivity index (χ2v) is 9.04. The van der Waals surface area contributed by atoms with Gasteiger partial charge in [0.2, 0.25) is 5.89 Å². The minimum absolute atomic E-state index is 0.0874. The number of benzene rings is 1. The number of alkyl halides is 3. The Balaban J connectivity index is 1.46. The van der Waals surface area contributed by atoms with Crippen molar-refractivity contribution in [3.05, 3.63) is 53.2 Å². The van der Waals surface area contributed by atoms with Crippen molar-refractivity contribution in [1.82, 2.24) is 24.6 Å². The van der Waals surface area contributed by atoms with Gasteiger partial charge in [0.25, 0.3) is 5.91 Å². The number of amides is 1. The number of hydrogen-bond acceptors (Lipinski definition) is 7. The lowest BCUT2D eigenvalue weighted by Crippen LogP contribution is -2.47. The second-order valence-electron chi connectivity index (χ2n) is 9.04. The predicted molar refractivity (Wildman–Crippen MR) is 123 cm³/mol. The van der Waals surface area contributed by atoms with Crippen molar-refractivity contribution in [2.45, 2.75) is 19.3 Å². The number of piperazine rings is 1. The van der Waals surface area contributed by atoms with Gasteiger partial charge in [0.1, 0.15) is 6.26 Å². The van der Waals surface area contributed by atoms with Crippen LogP contribution in [-0.2, 0) is 24.0 Å². The highest BCUT2D eigenvalue weighted by atomic mass is 19.4. The molecule has 0 bridgehead atoms. The minimum Gasteiger partial charge on any atom is -0.447 e. The minimum atomic E-state index is -4.43.